The highest BCUT2D eigenvalue weighted by Gasteiger charge is 2.41. The van der Waals surface area contributed by atoms with E-state index in [1.165, 1.54) is 11.3 Å². The van der Waals surface area contributed by atoms with Crippen molar-refractivity contribution in [3.63, 3.8) is 0 Å². The fraction of sp³-hybridized carbons (Fsp3) is 0.200. The average molecular weight is 488 g/mol. The number of Topliss-reactive ketones (excluding diaryl/α,β-unsaturated/α-hetero) is 1. The first-order valence-corrected chi connectivity index (χ1v) is 12.1. The summed E-state index contributed by atoms with van der Waals surface area (Å²) in [5.74, 6) is 0.395. The van der Waals surface area contributed by atoms with E-state index >= 15 is 0 Å². The number of ketones is 1. The number of carbonyl (C=O) groups excluding carboxylic acids is 1. The first kappa shape index (κ1) is 22.1. The van der Waals surface area contributed by atoms with Crippen molar-refractivity contribution in [2.75, 3.05) is 4.90 Å². The highest BCUT2D eigenvalue weighted by atomic mass is 32.1. The second kappa shape index (κ2) is 9.25. The molecule has 0 radical (unpaired) electrons. The second-order valence-corrected chi connectivity index (χ2v) is 9.70. The van der Waals surface area contributed by atoms with Gasteiger partial charge in [0.2, 0.25) is 5.13 Å². The monoisotopic (exact) mass is 487 g/mol. The van der Waals surface area contributed by atoms with Crippen molar-refractivity contribution >= 4 is 34.5 Å². The van der Waals surface area contributed by atoms with Gasteiger partial charge in [0.15, 0.2) is 9.74 Å². The Labute approximate surface area is 205 Å². The molecule has 0 bridgehead atoms. The van der Waals surface area contributed by atoms with Crippen molar-refractivity contribution in [3.05, 3.63) is 92.3 Å². The number of carbonyl (C=O) groups is 1. The van der Waals surface area contributed by atoms with E-state index in [-0.39, 0.29) is 11.6 Å². The molecule has 1 unspecified atom stereocenters. The molecule has 3 N–H and O–H groups in total. The van der Waals surface area contributed by atoms with Gasteiger partial charge < -0.3 is 10.5 Å². The van der Waals surface area contributed by atoms with Gasteiger partial charge in [0.1, 0.15) is 18.2 Å². The first-order chi connectivity index (χ1) is 16.6. The van der Waals surface area contributed by atoms with Gasteiger partial charge in [-0.1, -0.05) is 53.8 Å². The Kier molecular flexibility index (Phi) is 6.01. The van der Waals surface area contributed by atoms with Crippen molar-refractivity contribution in [2.24, 2.45) is 5.73 Å². The number of allylic oxidation sites excluding steroid dienone is 3. The summed E-state index contributed by atoms with van der Waals surface area (Å²) in [5, 5.41) is 17.7. The number of aromatic nitrogens is 2. The van der Waals surface area contributed by atoms with E-state index in [1.54, 1.807) is 4.90 Å². The van der Waals surface area contributed by atoms with Crippen molar-refractivity contribution in [1.82, 2.24) is 10.2 Å². The lowest BCUT2D eigenvalue weighted by molar-refractivity contribution is -0.116. The van der Waals surface area contributed by atoms with Crippen LogP contribution in [-0.2, 0) is 11.4 Å². The number of nitrogens with zero attached hydrogens (tertiary/aromatic N) is 3. The van der Waals surface area contributed by atoms with E-state index in [2.05, 4.69) is 16.3 Å². The molecule has 0 spiro atoms. The van der Waals surface area contributed by atoms with Crippen LogP contribution in [0.3, 0.4) is 0 Å². The van der Waals surface area contributed by atoms with E-state index in [0.29, 0.717) is 51.9 Å². The third-order valence-corrected chi connectivity index (χ3v) is 7.05. The van der Waals surface area contributed by atoms with E-state index in [0.717, 1.165) is 16.8 Å². The minimum absolute atomic E-state index is 0.0197. The molecular formula is C25H21N5O2S2. The highest BCUT2D eigenvalue weighted by Crippen LogP contribution is 2.46. The van der Waals surface area contributed by atoms with Gasteiger partial charge in [-0.05, 0) is 48.3 Å². The van der Waals surface area contributed by atoms with Crippen molar-refractivity contribution in [2.45, 2.75) is 31.8 Å². The zero-order chi connectivity index (χ0) is 23.7. The van der Waals surface area contributed by atoms with Crippen molar-refractivity contribution in [3.8, 4) is 11.8 Å². The van der Waals surface area contributed by atoms with Crippen LogP contribution >= 0.6 is 23.6 Å². The fourth-order valence-electron chi connectivity index (χ4n) is 4.48. The number of H-pyrrole nitrogens is 1. The van der Waals surface area contributed by atoms with Crippen molar-refractivity contribution in [1.29, 1.82) is 5.26 Å². The van der Waals surface area contributed by atoms with Crippen LogP contribution in [0.2, 0.25) is 0 Å². The largest absolute Gasteiger partial charge is 0.489 e. The fourth-order valence-corrected chi connectivity index (χ4v) is 5.40. The number of nitriles is 1. The van der Waals surface area contributed by atoms with Crippen LogP contribution in [0, 0.1) is 15.3 Å². The summed E-state index contributed by atoms with van der Waals surface area (Å²) in [7, 11) is 0. The van der Waals surface area contributed by atoms with Crippen LogP contribution < -0.4 is 15.4 Å². The third kappa shape index (κ3) is 4.02. The van der Waals surface area contributed by atoms with Crippen LogP contribution in [0.1, 0.15) is 36.3 Å². The molecule has 7 nitrogen and oxygen atoms in total. The van der Waals surface area contributed by atoms with Gasteiger partial charge in [-0.2, -0.15) is 5.26 Å². The lowest BCUT2D eigenvalue weighted by atomic mass is 9.76. The first-order valence-electron chi connectivity index (χ1n) is 10.8. The Morgan fingerprint density at radius 3 is 2.79 bits per heavy atom. The number of nitrogens with two attached hydrogens (primary N) is 1. The van der Waals surface area contributed by atoms with Gasteiger partial charge in [0.25, 0.3) is 0 Å². The smallest absolute Gasteiger partial charge is 0.216 e. The SMILES string of the molecule is N#CC1=C(N)N(c2n[nH]c(=S)s2)C2=C(C(=O)CCC2)C1c1cccc(OCc2ccccc2)c1. The number of hydrogen-bond acceptors (Lipinski definition) is 8. The molecule has 1 aliphatic carbocycles. The number of ether oxygens (including phenoxy) is 1. The van der Waals surface area contributed by atoms with Gasteiger partial charge in [0, 0.05) is 17.7 Å². The predicted octanol–water partition coefficient (Wildman–Crippen LogP) is 5.08. The number of benzene rings is 2. The van der Waals surface area contributed by atoms with E-state index in [4.69, 9.17) is 22.7 Å². The van der Waals surface area contributed by atoms with Crippen LogP contribution in [0.5, 0.6) is 5.75 Å². The molecule has 0 saturated carbocycles. The third-order valence-electron chi connectivity index (χ3n) is 5.97. The molecule has 5 rings (SSSR count). The van der Waals surface area contributed by atoms with Gasteiger partial charge in [-0.15, -0.1) is 5.10 Å². The zero-order valence-electron chi connectivity index (χ0n) is 18.2. The summed E-state index contributed by atoms with van der Waals surface area (Å²) in [6.07, 6.45) is 1.81. The summed E-state index contributed by atoms with van der Waals surface area (Å²) in [6, 6.07) is 19.7. The number of rotatable bonds is 5. The van der Waals surface area contributed by atoms with Gasteiger partial charge in [-0.25, -0.2) is 0 Å². The topological polar surface area (TPSA) is 108 Å². The molecule has 3 aromatic rings. The quantitative estimate of drug-likeness (QED) is 0.483. The van der Waals surface area contributed by atoms with E-state index in [9.17, 15) is 10.1 Å². The predicted molar refractivity (Wildman–Crippen MR) is 132 cm³/mol. The van der Waals surface area contributed by atoms with Crippen molar-refractivity contribution < 1.29 is 9.53 Å². The molecule has 34 heavy (non-hydrogen) atoms. The normalized spacial score (nSPS) is 18.0. The second-order valence-electron chi connectivity index (χ2n) is 8.06. The molecule has 0 saturated heterocycles. The molecular weight excluding hydrogens is 466 g/mol. The number of anilines is 1. The Balaban J connectivity index is 1.57. The lowest BCUT2D eigenvalue weighted by Crippen LogP contribution is -2.38. The minimum Gasteiger partial charge on any atom is -0.489 e. The minimum atomic E-state index is -0.559. The lowest BCUT2D eigenvalue weighted by Gasteiger charge is -2.38. The van der Waals surface area contributed by atoms with Gasteiger partial charge >= 0.3 is 0 Å². The summed E-state index contributed by atoms with van der Waals surface area (Å²) in [5.41, 5.74) is 10.1. The number of aromatic amines is 1. The van der Waals surface area contributed by atoms with Crippen LogP contribution in [0.4, 0.5) is 5.13 Å². The van der Waals surface area contributed by atoms with E-state index in [1.807, 2.05) is 54.6 Å². The maximum absolute atomic E-state index is 13.2. The maximum atomic E-state index is 13.2. The molecule has 2 aromatic carbocycles. The maximum Gasteiger partial charge on any atom is 0.216 e. The standard InChI is InChI=1S/C25H21N5O2S2/c26-13-18-21(16-8-4-9-17(12-16)32-14-15-6-2-1-3-7-15)22-19(10-5-11-20(22)31)30(23(18)27)24-28-29-25(33)34-24/h1-4,6-9,12,21H,5,10-11,14,27H2,(H,29,33). The molecule has 2 heterocycles. The Hall–Kier alpha value is -3.74. The number of nitrogens with one attached hydrogen (secondary N) is 1. The molecule has 2 aliphatic rings. The number of hydrogen-bond donors (Lipinski definition) is 2. The molecule has 0 fully saturated rings. The molecule has 0 amide bonds. The Morgan fingerprint density at radius 2 is 2.06 bits per heavy atom. The molecule has 1 atom stereocenters. The van der Waals surface area contributed by atoms with Crippen LogP contribution in [-0.4, -0.2) is 16.0 Å². The summed E-state index contributed by atoms with van der Waals surface area (Å²) >= 11 is 6.45. The summed E-state index contributed by atoms with van der Waals surface area (Å²) in [4.78, 5) is 14.9. The highest BCUT2D eigenvalue weighted by molar-refractivity contribution is 7.73. The summed E-state index contributed by atoms with van der Waals surface area (Å²) in [6.45, 7) is 0.419. The van der Waals surface area contributed by atoms with E-state index < -0.39 is 5.92 Å². The summed E-state index contributed by atoms with van der Waals surface area (Å²) < 4.78 is 6.51. The zero-order valence-corrected chi connectivity index (χ0v) is 19.8. The average Bonchev–Trinajstić information content (AvgIpc) is 3.28. The molecule has 170 valence electrons. The molecule has 1 aliphatic heterocycles. The Morgan fingerprint density at radius 1 is 1.24 bits per heavy atom. The van der Waals surface area contributed by atoms with Crippen LogP contribution in [0.25, 0.3) is 0 Å². The molecule has 1 aromatic heterocycles. The van der Waals surface area contributed by atoms with Gasteiger partial charge in [0.05, 0.1) is 17.6 Å². The van der Waals surface area contributed by atoms with Crippen LogP contribution in [0.15, 0.2) is 77.3 Å². The van der Waals surface area contributed by atoms with Gasteiger partial charge in [-0.3, -0.25) is 14.8 Å². The Bertz CT molecular complexity index is 1410. The molecule has 9 heteroatoms.